The van der Waals surface area contributed by atoms with Crippen molar-refractivity contribution in [2.24, 2.45) is 0 Å². The molecule has 0 unspecified atom stereocenters. The molecule has 2 fully saturated rings. The molecule has 0 aromatic heterocycles. The van der Waals surface area contributed by atoms with E-state index in [1.165, 1.54) is 0 Å². The largest absolute Gasteiger partial charge is 0.379 e. The molecule has 0 spiro atoms. The summed E-state index contributed by atoms with van der Waals surface area (Å²) in [6.45, 7) is 6.09. The van der Waals surface area contributed by atoms with Crippen LogP contribution in [0, 0.1) is 0 Å². The van der Waals surface area contributed by atoms with Crippen LogP contribution in [0.2, 0.25) is 0 Å². The number of likely N-dealkylation sites (tertiary alicyclic amines) is 1. The zero-order chi connectivity index (χ0) is 19.2. The van der Waals surface area contributed by atoms with Crippen molar-refractivity contribution < 1.29 is 9.53 Å². The highest BCUT2D eigenvalue weighted by Gasteiger charge is 2.44. The highest BCUT2D eigenvalue weighted by molar-refractivity contribution is 5.92. The normalized spacial score (nSPS) is 18.4. The van der Waals surface area contributed by atoms with Gasteiger partial charge in [0.25, 0.3) is 0 Å². The minimum Gasteiger partial charge on any atom is -0.379 e. The summed E-state index contributed by atoms with van der Waals surface area (Å²) in [7, 11) is 0. The van der Waals surface area contributed by atoms with Crippen LogP contribution in [0.3, 0.4) is 0 Å². The monoisotopic (exact) mass is 378 g/mol. The first-order valence-electron chi connectivity index (χ1n) is 10.5. The van der Waals surface area contributed by atoms with Crippen molar-refractivity contribution >= 4 is 5.91 Å². The first kappa shape index (κ1) is 19.2. The molecule has 0 saturated carbocycles. The standard InChI is InChI=1S/C24H30N2O2/c27-23(26-14-7-8-15-26)24(21-9-3-1-4-10-21,22-11-5-2-6-12-22)13-16-25-17-19-28-20-18-25/h1-6,9-12H,7-8,13-20H2. The van der Waals surface area contributed by atoms with Crippen molar-refractivity contribution in [1.29, 1.82) is 0 Å². The molecule has 2 saturated heterocycles. The highest BCUT2D eigenvalue weighted by Crippen LogP contribution is 2.39. The molecule has 4 nitrogen and oxygen atoms in total. The molecule has 0 radical (unpaired) electrons. The summed E-state index contributed by atoms with van der Waals surface area (Å²) < 4.78 is 5.51. The number of ether oxygens (including phenoxy) is 1. The molecule has 0 N–H and O–H groups in total. The van der Waals surface area contributed by atoms with Crippen molar-refractivity contribution in [3.8, 4) is 0 Å². The van der Waals surface area contributed by atoms with Crippen LogP contribution in [0.5, 0.6) is 0 Å². The van der Waals surface area contributed by atoms with E-state index >= 15 is 0 Å². The fraction of sp³-hybridized carbons (Fsp3) is 0.458. The molecule has 28 heavy (non-hydrogen) atoms. The predicted molar refractivity (Wildman–Crippen MR) is 111 cm³/mol. The third kappa shape index (κ3) is 3.85. The quantitative estimate of drug-likeness (QED) is 0.773. The summed E-state index contributed by atoms with van der Waals surface area (Å²) in [4.78, 5) is 18.5. The molecular formula is C24H30N2O2. The van der Waals surface area contributed by atoms with Crippen molar-refractivity contribution in [1.82, 2.24) is 9.80 Å². The third-order valence-electron chi connectivity index (χ3n) is 6.20. The third-order valence-corrected chi connectivity index (χ3v) is 6.20. The first-order valence-corrected chi connectivity index (χ1v) is 10.5. The average molecular weight is 379 g/mol. The summed E-state index contributed by atoms with van der Waals surface area (Å²) in [6, 6.07) is 20.8. The van der Waals surface area contributed by atoms with Gasteiger partial charge in [0.1, 0.15) is 5.41 Å². The summed E-state index contributed by atoms with van der Waals surface area (Å²) >= 11 is 0. The summed E-state index contributed by atoms with van der Waals surface area (Å²) in [5, 5.41) is 0. The van der Waals surface area contributed by atoms with Crippen LogP contribution < -0.4 is 0 Å². The van der Waals surface area contributed by atoms with Crippen molar-refractivity contribution in [3.63, 3.8) is 0 Å². The van der Waals surface area contributed by atoms with E-state index in [1.54, 1.807) is 0 Å². The number of carbonyl (C=O) groups excluding carboxylic acids is 1. The van der Waals surface area contributed by atoms with Gasteiger partial charge in [-0.05, 0) is 30.4 Å². The van der Waals surface area contributed by atoms with Crippen LogP contribution in [-0.2, 0) is 14.9 Å². The zero-order valence-electron chi connectivity index (χ0n) is 16.6. The Balaban J connectivity index is 1.75. The number of hydrogen-bond acceptors (Lipinski definition) is 3. The number of benzene rings is 2. The molecule has 2 aromatic carbocycles. The van der Waals surface area contributed by atoms with Crippen LogP contribution >= 0.6 is 0 Å². The molecule has 0 bridgehead atoms. The van der Waals surface area contributed by atoms with Crippen LogP contribution in [0.4, 0.5) is 0 Å². The van der Waals surface area contributed by atoms with E-state index in [0.717, 1.165) is 76.3 Å². The van der Waals surface area contributed by atoms with Crippen molar-refractivity contribution in [2.45, 2.75) is 24.7 Å². The molecule has 2 aliphatic rings. The van der Waals surface area contributed by atoms with Gasteiger partial charge in [-0.25, -0.2) is 0 Å². The lowest BCUT2D eigenvalue weighted by Gasteiger charge is -2.39. The summed E-state index contributed by atoms with van der Waals surface area (Å²) in [6.07, 6.45) is 3.00. The minimum absolute atomic E-state index is 0.260. The lowest BCUT2D eigenvalue weighted by molar-refractivity contribution is -0.135. The molecule has 2 aliphatic heterocycles. The number of morpholine rings is 1. The van der Waals surface area contributed by atoms with Gasteiger partial charge in [-0.1, -0.05) is 60.7 Å². The molecule has 0 aliphatic carbocycles. The molecular weight excluding hydrogens is 348 g/mol. The van der Waals surface area contributed by atoms with Gasteiger partial charge < -0.3 is 9.64 Å². The van der Waals surface area contributed by atoms with Gasteiger partial charge in [-0.2, -0.15) is 0 Å². The number of carbonyl (C=O) groups is 1. The molecule has 2 heterocycles. The zero-order valence-corrected chi connectivity index (χ0v) is 16.6. The summed E-state index contributed by atoms with van der Waals surface area (Å²) in [5.41, 5.74) is 1.57. The van der Waals surface area contributed by atoms with Crippen LogP contribution in [0.25, 0.3) is 0 Å². The smallest absolute Gasteiger partial charge is 0.237 e. The SMILES string of the molecule is O=C(N1CCCC1)C(CCN1CCOCC1)(c1ccccc1)c1ccccc1. The van der Waals surface area contributed by atoms with Crippen LogP contribution in [0.1, 0.15) is 30.4 Å². The van der Waals surface area contributed by atoms with E-state index in [4.69, 9.17) is 4.74 Å². The van der Waals surface area contributed by atoms with Crippen molar-refractivity contribution in [3.05, 3.63) is 71.8 Å². The van der Waals surface area contributed by atoms with E-state index in [0.29, 0.717) is 0 Å². The van der Waals surface area contributed by atoms with Gasteiger partial charge in [0.2, 0.25) is 5.91 Å². The Morgan fingerprint density at radius 1 is 0.821 bits per heavy atom. The van der Waals surface area contributed by atoms with Gasteiger partial charge in [0.05, 0.1) is 13.2 Å². The lowest BCUT2D eigenvalue weighted by atomic mass is 9.70. The fourth-order valence-electron chi connectivity index (χ4n) is 4.60. The number of hydrogen-bond donors (Lipinski definition) is 0. The maximum absolute atomic E-state index is 14.0. The predicted octanol–water partition coefficient (Wildman–Crippen LogP) is 3.32. The van der Waals surface area contributed by atoms with Crippen molar-refractivity contribution in [2.75, 3.05) is 45.9 Å². The van der Waals surface area contributed by atoms with Gasteiger partial charge in [0, 0.05) is 32.7 Å². The maximum atomic E-state index is 14.0. The maximum Gasteiger partial charge on any atom is 0.237 e. The second kappa shape index (κ2) is 8.89. The van der Waals surface area contributed by atoms with E-state index in [9.17, 15) is 4.79 Å². The van der Waals surface area contributed by atoms with E-state index in [2.05, 4.69) is 58.3 Å². The molecule has 4 heteroatoms. The molecule has 0 atom stereocenters. The van der Waals surface area contributed by atoms with E-state index in [-0.39, 0.29) is 5.91 Å². The number of nitrogens with zero attached hydrogens (tertiary/aromatic N) is 2. The molecule has 1 amide bonds. The Hall–Kier alpha value is -2.17. The van der Waals surface area contributed by atoms with Crippen LogP contribution in [0.15, 0.2) is 60.7 Å². The van der Waals surface area contributed by atoms with E-state index in [1.807, 2.05) is 12.1 Å². The number of rotatable bonds is 6. The Morgan fingerprint density at radius 3 is 1.89 bits per heavy atom. The molecule has 148 valence electrons. The topological polar surface area (TPSA) is 32.8 Å². The lowest BCUT2D eigenvalue weighted by Crippen LogP contribution is -2.49. The molecule has 2 aromatic rings. The Labute approximate surface area is 168 Å². The first-order chi connectivity index (χ1) is 13.8. The Morgan fingerprint density at radius 2 is 1.36 bits per heavy atom. The highest BCUT2D eigenvalue weighted by atomic mass is 16.5. The van der Waals surface area contributed by atoms with Gasteiger partial charge in [0.15, 0.2) is 0 Å². The van der Waals surface area contributed by atoms with Gasteiger partial charge in [-0.15, -0.1) is 0 Å². The summed E-state index contributed by atoms with van der Waals surface area (Å²) in [5.74, 6) is 0.260. The van der Waals surface area contributed by atoms with Crippen LogP contribution in [-0.4, -0.2) is 61.6 Å². The van der Waals surface area contributed by atoms with E-state index < -0.39 is 5.41 Å². The average Bonchev–Trinajstić information content (AvgIpc) is 3.31. The van der Waals surface area contributed by atoms with Gasteiger partial charge >= 0.3 is 0 Å². The molecule has 4 rings (SSSR count). The fourth-order valence-corrected chi connectivity index (χ4v) is 4.60. The second-order valence-corrected chi connectivity index (χ2v) is 7.84. The van der Waals surface area contributed by atoms with Gasteiger partial charge in [-0.3, -0.25) is 9.69 Å². The Kier molecular flexibility index (Phi) is 6.08. The number of amides is 1. The minimum atomic E-state index is -0.634. The second-order valence-electron chi connectivity index (χ2n) is 7.84. The Bertz CT molecular complexity index is 711.